The van der Waals surface area contributed by atoms with Crippen LogP contribution in [0.25, 0.3) is 0 Å². The summed E-state index contributed by atoms with van der Waals surface area (Å²) in [7, 11) is -3.03. The fourth-order valence-electron chi connectivity index (χ4n) is 3.25. The lowest BCUT2D eigenvalue weighted by molar-refractivity contribution is 0.357. The minimum atomic E-state index is -3.03. The van der Waals surface area contributed by atoms with E-state index in [1.54, 1.807) is 4.31 Å². The summed E-state index contributed by atoms with van der Waals surface area (Å²) in [5, 5.41) is 3.32. The second-order valence-corrected chi connectivity index (χ2v) is 8.10. The molecular formula is C13H26N2O2S. The Bertz CT molecular complexity index is 363. The van der Waals surface area contributed by atoms with E-state index in [1.807, 2.05) is 6.92 Å². The number of hydrogen-bond acceptors (Lipinski definition) is 3. The lowest BCUT2D eigenvalue weighted by Gasteiger charge is -2.25. The van der Waals surface area contributed by atoms with E-state index in [0.717, 1.165) is 45.3 Å². The van der Waals surface area contributed by atoms with Crippen LogP contribution < -0.4 is 5.32 Å². The van der Waals surface area contributed by atoms with Crippen LogP contribution in [0.3, 0.4) is 0 Å². The maximum Gasteiger partial charge on any atom is 0.214 e. The molecule has 0 aliphatic carbocycles. The summed E-state index contributed by atoms with van der Waals surface area (Å²) in [5.41, 5.74) is 0. The minimum absolute atomic E-state index is 0.193. The molecule has 4 nitrogen and oxygen atoms in total. The molecule has 0 aromatic heterocycles. The van der Waals surface area contributed by atoms with Gasteiger partial charge < -0.3 is 5.32 Å². The highest BCUT2D eigenvalue weighted by molar-refractivity contribution is 7.89. The van der Waals surface area contributed by atoms with Gasteiger partial charge in [-0.1, -0.05) is 6.92 Å². The Morgan fingerprint density at radius 2 is 1.89 bits per heavy atom. The topological polar surface area (TPSA) is 49.4 Å². The molecule has 2 aliphatic heterocycles. The third-order valence-corrected chi connectivity index (χ3v) is 6.30. The Morgan fingerprint density at radius 1 is 1.22 bits per heavy atom. The minimum Gasteiger partial charge on any atom is -0.317 e. The molecule has 2 fully saturated rings. The zero-order chi connectivity index (χ0) is 13.2. The van der Waals surface area contributed by atoms with E-state index in [1.165, 1.54) is 0 Å². The first-order valence-electron chi connectivity index (χ1n) is 7.19. The van der Waals surface area contributed by atoms with Crippen LogP contribution in [0.5, 0.6) is 0 Å². The SMILES string of the molecule is CC1CC(C)N(S(=O)(=O)CCC2CCNCC2)C1. The lowest BCUT2D eigenvalue weighted by atomic mass is 9.96. The highest BCUT2D eigenvalue weighted by Gasteiger charge is 2.35. The van der Waals surface area contributed by atoms with Crippen molar-refractivity contribution in [2.45, 2.75) is 45.6 Å². The molecular weight excluding hydrogens is 248 g/mol. The fraction of sp³-hybridized carbons (Fsp3) is 1.00. The molecule has 0 spiro atoms. The molecule has 2 unspecified atom stereocenters. The van der Waals surface area contributed by atoms with Gasteiger partial charge in [-0.05, 0) is 57.5 Å². The van der Waals surface area contributed by atoms with Gasteiger partial charge in [0.05, 0.1) is 5.75 Å². The smallest absolute Gasteiger partial charge is 0.214 e. The van der Waals surface area contributed by atoms with Gasteiger partial charge in [0.15, 0.2) is 0 Å². The second kappa shape index (κ2) is 5.88. The molecule has 0 amide bonds. The molecule has 18 heavy (non-hydrogen) atoms. The molecule has 2 heterocycles. The van der Waals surface area contributed by atoms with Crippen LogP contribution in [0, 0.1) is 11.8 Å². The predicted molar refractivity (Wildman–Crippen MR) is 73.9 cm³/mol. The highest BCUT2D eigenvalue weighted by Crippen LogP contribution is 2.27. The quantitative estimate of drug-likeness (QED) is 0.844. The number of nitrogens with one attached hydrogen (secondary N) is 1. The summed E-state index contributed by atoms with van der Waals surface area (Å²) < 4.78 is 26.4. The van der Waals surface area contributed by atoms with Gasteiger partial charge >= 0.3 is 0 Å². The molecule has 2 rings (SSSR count). The van der Waals surface area contributed by atoms with Gasteiger partial charge in [-0.15, -0.1) is 0 Å². The molecule has 0 aromatic carbocycles. The molecule has 0 saturated carbocycles. The maximum absolute atomic E-state index is 12.3. The summed E-state index contributed by atoms with van der Waals surface area (Å²) in [4.78, 5) is 0. The zero-order valence-electron chi connectivity index (χ0n) is 11.6. The van der Waals surface area contributed by atoms with Crippen molar-refractivity contribution < 1.29 is 8.42 Å². The van der Waals surface area contributed by atoms with Crippen LogP contribution in [-0.4, -0.2) is 44.2 Å². The summed E-state index contributed by atoms with van der Waals surface area (Å²) in [5.74, 6) is 1.44. The lowest BCUT2D eigenvalue weighted by Crippen LogP contribution is -2.37. The Kier molecular flexibility index (Phi) is 4.67. The summed E-state index contributed by atoms with van der Waals surface area (Å²) in [6.07, 6.45) is 4.09. The summed E-state index contributed by atoms with van der Waals surface area (Å²) in [6, 6.07) is 0.193. The van der Waals surface area contributed by atoms with E-state index in [2.05, 4.69) is 12.2 Å². The third-order valence-electron chi connectivity index (χ3n) is 4.33. The largest absolute Gasteiger partial charge is 0.317 e. The second-order valence-electron chi connectivity index (χ2n) is 6.06. The van der Waals surface area contributed by atoms with Crippen LogP contribution in [0.1, 0.15) is 39.5 Å². The van der Waals surface area contributed by atoms with Crippen LogP contribution >= 0.6 is 0 Å². The number of nitrogens with zero attached hydrogens (tertiary/aromatic N) is 1. The predicted octanol–water partition coefficient (Wildman–Crippen LogP) is 1.44. The molecule has 0 radical (unpaired) electrons. The normalized spacial score (nSPS) is 31.9. The van der Waals surface area contributed by atoms with Crippen molar-refractivity contribution in [2.75, 3.05) is 25.4 Å². The van der Waals surface area contributed by atoms with E-state index in [9.17, 15) is 8.42 Å². The standard InChI is InChI=1S/C13H26N2O2S/c1-11-9-12(2)15(10-11)18(16,17)8-5-13-3-6-14-7-4-13/h11-14H,3-10H2,1-2H3. The average Bonchev–Trinajstić information content (AvgIpc) is 2.68. The number of hydrogen-bond donors (Lipinski definition) is 1. The highest BCUT2D eigenvalue weighted by atomic mass is 32.2. The van der Waals surface area contributed by atoms with Gasteiger partial charge in [0.1, 0.15) is 0 Å². The monoisotopic (exact) mass is 274 g/mol. The van der Waals surface area contributed by atoms with E-state index < -0.39 is 10.0 Å². The molecule has 0 aromatic rings. The van der Waals surface area contributed by atoms with E-state index in [4.69, 9.17) is 0 Å². The number of sulfonamides is 1. The fourth-order valence-corrected chi connectivity index (χ4v) is 5.23. The van der Waals surface area contributed by atoms with Crippen molar-refractivity contribution in [3.63, 3.8) is 0 Å². The van der Waals surface area contributed by atoms with Gasteiger partial charge in [-0.25, -0.2) is 8.42 Å². The molecule has 1 N–H and O–H groups in total. The van der Waals surface area contributed by atoms with Gasteiger partial charge in [0, 0.05) is 12.6 Å². The van der Waals surface area contributed by atoms with Crippen molar-refractivity contribution in [2.24, 2.45) is 11.8 Å². The van der Waals surface area contributed by atoms with Crippen LogP contribution in [-0.2, 0) is 10.0 Å². The molecule has 2 saturated heterocycles. The van der Waals surface area contributed by atoms with Gasteiger partial charge in [-0.2, -0.15) is 4.31 Å². The molecule has 106 valence electrons. The molecule has 2 aliphatic rings. The average molecular weight is 274 g/mol. The van der Waals surface area contributed by atoms with Crippen LogP contribution in [0.2, 0.25) is 0 Å². The van der Waals surface area contributed by atoms with Gasteiger partial charge in [-0.3, -0.25) is 0 Å². The molecule has 2 atom stereocenters. The van der Waals surface area contributed by atoms with E-state index >= 15 is 0 Å². The van der Waals surface area contributed by atoms with Crippen molar-refractivity contribution in [1.82, 2.24) is 9.62 Å². The Hall–Kier alpha value is -0.130. The van der Waals surface area contributed by atoms with E-state index in [0.29, 0.717) is 17.6 Å². The Morgan fingerprint density at radius 3 is 2.44 bits per heavy atom. The summed E-state index contributed by atoms with van der Waals surface area (Å²) in [6.45, 7) is 6.98. The van der Waals surface area contributed by atoms with Crippen LogP contribution in [0.15, 0.2) is 0 Å². The number of piperidine rings is 1. The van der Waals surface area contributed by atoms with Crippen molar-refractivity contribution in [3.8, 4) is 0 Å². The van der Waals surface area contributed by atoms with Gasteiger partial charge in [0.25, 0.3) is 0 Å². The third kappa shape index (κ3) is 3.45. The van der Waals surface area contributed by atoms with Crippen molar-refractivity contribution >= 4 is 10.0 Å². The van der Waals surface area contributed by atoms with Crippen LogP contribution in [0.4, 0.5) is 0 Å². The Labute approximate surface area is 111 Å². The molecule has 0 bridgehead atoms. The Balaban J connectivity index is 1.87. The first-order chi connectivity index (χ1) is 8.49. The first kappa shape index (κ1) is 14.3. The number of rotatable bonds is 4. The van der Waals surface area contributed by atoms with E-state index in [-0.39, 0.29) is 6.04 Å². The maximum atomic E-state index is 12.3. The first-order valence-corrected chi connectivity index (χ1v) is 8.80. The van der Waals surface area contributed by atoms with Crippen molar-refractivity contribution in [3.05, 3.63) is 0 Å². The molecule has 5 heteroatoms. The zero-order valence-corrected chi connectivity index (χ0v) is 12.4. The van der Waals surface area contributed by atoms with Gasteiger partial charge in [0.2, 0.25) is 10.0 Å². The summed E-state index contributed by atoms with van der Waals surface area (Å²) >= 11 is 0. The van der Waals surface area contributed by atoms with Crippen molar-refractivity contribution in [1.29, 1.82) is 0 Å².